The molecule has 0 aromatic rings. The second-order valence-corrected chi connectivity index (χ2v) is 5.40. The Morgan fingerprint density at radius 2 is 2.07 bits per heavy atom. The molecule has 0 heterocycles. The number of ether oxygens (including phenoxy) is 1. The summed E-state index contributed by atoms with van der Waals surface area (Å²) in [6.07, 6.45) is 1.21. The number of nitrogens with one attached hydrogen (secondary N) is 1. The van der Waals surface area contributed by atoms with Crippen LogP contribution < -0.4 is 5.32 Å². The summed E-state index contributed by atoms with van der Waals surface area (Å²) in [6.45, 7) is 7.32. The van der Waals surface area contributed by atoms with Crippen molar-refractivity contribution in [2.24, 2.45) is 0 Å². The predicted molar refractivity (Wildman–Crippen MR) is 56.6 cm³/mol. The Hall–Kier alpha value is -1.06. The molecule has 0 aromatic carbocycles. The lowest BCUT2D eigenvalue weighted by Gasteiger charge is -2.27. The highest BCUT2D eigenvalue weighted by Crippen LogP contribution is 2.26. The van der Waals surface area contributed by atoms with E-state index in [0.29, 0.717) is 19.3 Å². The molecule has 4 nitrogen and oxygen atoms in total. The summed E-state index contributed by atoms with van der Waals surface area (Å²) in [5, 5.41) is 2.76. The van der Waals surface area contributed by atoms with Crippen molar-refractivity contribution in [3.8, 4) is 0 Å². The van der Waals surface area contributed by atoms with Crippen LogP contribution in [0.1, 0.15) is 47.0 Å². The van der Waals surface area contributed by atoms with Crippen molar-refractivity contribution in [2.75, 3.05) is 0 Å². The lowest BCUT2D eigenvalue weighted by atomic mass is 10.0. The minimum atomic E-state index is -0.497. The molecule has 0 aromatic heterocycles. The number of carbonyl (C=O) groups excluding carboxylic acids is 2. The van der Waals surface area contributed by atoms with Gasteiger partial charge >= 0.3 is 6.09 Å². The minimum Gasteiger partial charge on any atom is -0.444 e. The van der Waals surface area contributed by atoms with Crippen molar-refractivity contribution in [2.45, 2.75) is 58.1 Å². The highest BCUT2D eigenvalue weighted by atomic mass is 16.6. The smallest absolute Gasteiger partial charge is 0.408 e. The van der Waals surface area contributed by atoms with Gasteiger partial charge in [0.25, 0.3) is 0 Å². The monoisotopic (exact) mass is 213 g/mol. The second kappa shape index (κ2) is 3.83. The number of hydrogen-bond donors (Lipinski definition) is 1. The van der Waals surface area contributed by atoms with E-state index in [2.05, 4.69) is 5.32 Å². The molecule has 4 heteroatoms. The summed E-state index contributed by atoms with van der Waals surface area (Å²) >= 11 is 0. The Labute approximate surface area is 90.4 Å². The number of amides is 1. The lowest BCUT2D eigenvalue weighted by molar-refractivity contribution is -0.117. The van der Waals surface area contributed by atoms with Crippen LogP contribution in [0, 0.1) is 0 Å². The number of rotatable bonds is 1. The molecular formula is C11H19NO3. The number of carbonyl (C=O) groups is 2. The van der Waals surface area contributed by atoms with E-state index in [1.165, 1.54) is 0 Å². The molecule has 1 atom stereocenters. The first kappa shape index (κ1) is 12.0. The quantitative estimate of drug-likeness (QED) is 0.725. The standard InChI is InChI=1S/C11H19NO3/c1-10(2,3)15-9(14)12-11(4)6-5-8(13)7-11/h5-7H2,1-4H3,(H,12,14)/t11-/m0/s1. The van der Waals surface area contributed by atoms with E-state index in [-0.39, 0.29) is 5.78 Å². The molecule has 1 aliphatic rings. The van der Waals surface area contributed by atoms with Gasteiger partial charge in [0.05, 0.1) is 0 Å². The maximum atomic E-state index is 11.5. The van der Waals surface area contributed by atoms with Crippen molar-refractivity contribution < 1.29 is 14.3 Å². The van der Waals surface area contributed by atoms with Crippen LogP contribution in [0.2, 0.25) is 0 Å². The van der Waals surface area contributed by atoms with Crippen LogP contribution in [0.15, 0.2) is 0 Å². The number of hydrogen-bond acceptors (Lipinski definition) is 3. The molecule has 0 unspecified atom stereocenters. The Kier molecular flexibility index (Phi) is 3.07. The van der Waals surface area contributed by atoms with Crippen molar-refractivity contribution >= 4 is 11.9 Å². The molecule has 1 N–H and O–H groups in total. The summed E-state index contributed by atoms with van der Waals surface area (Å²) in [5.74, 6) is 0.202. The maximum Gasteiger partial charge on any atom is 0.408 e. The molecule has 1 rings (SSSR count). The lowest BCUT2D eigenvalue weighted by Crippen LogP contribution is -2.46. The fraction of sp³-hybridized carbons (Fsp3) is 0.818. The zero-order chi connectivity index (χ0) is 11.7. The first-order chi connectivity index (χ1) is 6.70. The molecule has 0 radical (unpaired) electrons. The minimum absolute atomic E-state index is 0.202. The van der Waals surface area contributed by atoms with Crippen molar-refractivity contribution in [3.05, 3.63) is 0 Å². The van der Waals surface area contributed by atoms with Crippen LogP contribution >= 0.6 is 0 Å². The van der Waals surface area contributed by atoms with E-state index in [4.69, 9.17) is 4.74 Å². The fourth-order valence-electron chi connectivity index (χ4n) is 1.68. The normalized spacial score (nSPS) is 26.5. The van der Waals surface area contributed by atoms with Crippen LogP contribution in [-0.2, 0) is 9.53 Å². The topological polar surface area (TPSA) is 55.4 Å². The van der Waals surface area contributed by atoms with Gasteiger partial charge in [0, 0.05) is 18.4 Å². The maximum absolute atomic E-state index is 11.5. The molecule has 1 saturated carbocycles. The fourth-order valence-corrected chi connectivity index (χ4v) is 1.68. The number of ketones is 1. The van der Waals surface area contributed by atoms with Crippen molar-refractivity contribution in [3.63, 3.8) is 0 Å². The van der Waals surface area contributed by atoms with Crippen LogP contribution in [0.25, 0.3) is 0 Å². The van der Waals surface area contributed by atoms with Crippen LogP contribution in [0.3, 0.4) is 0 Å². The molecule has 0 bridgehead atoms. The highest BCUT2D eigenvalue weighted by molar-refractivity contribution is 5.83. The van der Waals surface area contributed by atoms with Gasteiger partial charge in [-0.05, 0) is 34.1 Å². The van der Waals surface area contributed by atoms with Crippen molar-refractivity contribution in [1.29, 1.82) is 0 Å². The summed E-state index contributed by atoms with van der Waals surface area (Å²) in [5.41, 5.74) is -0.914. The average Bonchev–Trinajstić information content (AvgIpc) is 2.25. The molecular weight excluding hydrogens is 194 g/mol. The molecule has 1 amide bonds. The van der Waals surface area contributed by atoms with Gasteiger partial charge in [0.1, 0.15) is 11.4 Å². The first-order valence-corrected chi connectivity index (χ1v) is 5.23. The Bertz CT molecular complexity index is 280. The molecule has 0 spiro atoms. The van der Waals surface area contributed by atoms with Crippen LogP contribution in [0.4, 0.5) is 4.79 Å². The third-order valence-corrected chi connectivity index (χ3v) is 2.35. The molecule has 86 valence electrons. The Morgan fingerprint density at radius 3 is 2.47 bits per heavy atom. The zero-order valence-corrected chi connectivity index (χ0v) is 9.85. The van der Waals surface area contributed by atoms with Gasteiger partial charge in [-0.25, -0.2) is 4.79 Å². The first-order valence-electron chi connectivity index (χ1n) is 5.23. The van der Waals surface area contributed by atoms with E-state index in [1.54, 1.807) is 0 Å². The Balaban J connectivity index is 2.48. The van der Waals surface area contributed by atoms with Gasteiger partial charge in [-0.2, -0.15) is 0 Å². The highest BCUT2D eigenvalue weighted by Gasteiger charge is 2.36. The molecule has 1 aliphatic carbocycles. The van der Waals surface area contributed by atoms with Gasteiger partial charge < -0.3 is 10.1 Å². The van der Waals surface area contributed by atoms with E-state index < -0.39 is 17.2 Å². The van der Waals surface area contributed by atoms with E-state index in [0.717, 1.165) is 0 Å². The van der Waals surface area contributed by atoms with Crippen LogP contribution in [0.5, 0.6) is 0 Å². The van der Waals surface area contributed by atoms with Crippen molar-refractivity contribution in [1.82, 2.24) is 5.32 Å². The molecule has 15 heavy (non-hydrogen) atoms. The van der Waals surface area contributed by atoms with Crippen LogP contribution in [-0.4, -0.2) is 23.0 Å². The predicted octanol–water partition coefficient (Wildman–Crippen LogP) is 2.02. The largest absolute Gasteiger partial charge is 0.444 e. The average molecular weight is 213 g/mol. The summed E-state index contributed by atoms with van der Waals surface area (Å²) in [4.78, 5) is 22.6. The van der Waals surface area contributed by atoms with E-state index in [9.17, 15) is 9.59 Å². The third-order valence-electron chi connectivity index (χ3n) is 2.35. The van der Waals surface area contributed by atoms with Gasteiger partial charge in [0.15, 0.2) is 0 Å². The second-order valence-electron chi connectivity index (χ2n) is 5.40. The summed E-state index contributed by atoms with van der Waals surface area (Å²) in [7, 11) is 0. The van der Waals surface area contributed by atoms with E-state index >= 15 is 0 Å². The third kappa shape index (κ3) is 3.90. The number of Topliss-reactive ketones (excluding diaryl/α,β-unsaturated/α-hetero) is 1. The number of alkyl carbamates (subject to hydrolysis) is 1. The van der Waals surface area contributed by atoms with Gasteiger partial charge in [0.2, 0.25) is 0 Å². The van der Waals surface area contributed by atoms with Gasteiger partial charge in [-0.15, -0.1) is 0 Å². The summed E-state index contributed by atoms with van der Waals surface area (Å²) in [6, 6.07) is 0. The molecule has 0 saturated heterocycles. The summed E-state index contributed by atoms with van der Waals surface area (Å²) < 4.78 is 5.14. The zero-order valence-electron chi connectivity index (χ0n) is 9.85. The van der Waals surface area contributed by atoms with E-state index in [1.807, 2.05) is 27.7 Å². The van der Waals surface area contributed by atoms with Gasteiger partial charge in [-0.3, -0.25) is 4.79 Å². The SMILES string of the molecule is CC(C)(C)OC(=O)N[C@@]1(C)CCC(=O)C1. The molecule has 0 aliphatic heterocycles. The molecule has 1 fully saturated rings. The Morgan fingerprint density at radius 1 is 1.47 bits per heavy atom. The van der Waals surface area contributed by atoms with Gasteiger partial charge in [-0.1, -0.05) is 0 Å².